The van der Waals surface area contributed by atoms with Gasteiger partial charge in [-0.1, -0.05) is 42.5 Å². The Hall–Kier alpha value is -2.00. The normalized spacial score (nSPS) is 19.2. The maximum absolute atomic E-state index is 6.34. The number of benzene rings is 2. The van der Waals surface area contributed by atoms with Gasteiger partial charge in [-0.3, -0.25) is 0 Å². The Morgan fingerprint density at radius 3 is 2.38 bits per heavy atom. The zero-order chi connectivity index (χ0) is 14.5. The molecule has 0 saturated carbocycles. The van der Waals surface area contributed by atoms with Crippen LogP contribution in [-0.4, -0.2) is 20.2 Å². The maximum Gasteiger partial charge on any atom is 0.162 e. The van der Waals surface area contributed by atoms with E-state index in [1.807, 2.05) is 30.3 Å². The van der Waals surface area contributed by atoms with Crippen LogP contribution in [0, 0.1) is 5.92 Å². The van der Waals surface area contributed by atoms with Crippen LogP contribution in [0.4, 0.5) is 0 Å². The number of methoxy groups -OCH3 is 1. The minimum absolute atomic E-state index is 0.0532. The second kappa shape index (κ2) is 6.64. The fourth-order valence-electron chi connectivity index (χ4n) is 2.87. The van der Waals surface area contributed by atoms with Crippen LogP contribution in [0.1, 0.15) is 18.1 Å². The average Bonchev–Trinajstić information content (AvgIpc) is 3.08. The minimum Gasteiger partial charge on any atom is -0.493 e. The quantitative estimate of drug-likeness (QED) is 0.912. The lowest BCUT2D eigenvalue weighted by molar-refractivity contribution is 0.139. The SMILES string of the molecule is COc1ccccc1O[C@H](c1ccccc1)[C@@H]1CCNC1. The van der Waals surface area contributed by atoms with Crippen LogP contribution in [0.2, 0.25) is 0 Å². The molecule has 0 unspecified atom stereocenters. The van der Waals surface area contributed by atoms with Crippen LogP contribution in [-0.2, 0) is 0 Å². The molecule has 0 aromatic heterocycles. The van der Waals surface area contributed by atoms with Crippen molar-refractivity contribution in [1.29, 1.82) is 0 Å². The van der Waals surface area contributed by atoms with E-state index >= 15 is 0 Å². The fourth-order valence-corrected chi connectivity index (χ4v) is 2.87. The number of ether oxygens (including phenoxy) is 2. The third-order valence-electron chi connectivity index (χ3n) is 3.98. The zero-order valence-electron chi connectivity index (χ0n) is 12.3. The van der Waals surface area contributed by atoms with Crippen molar-refractivity contribution < 1.29 is 9.47 Å². The van der Waals surface area contributed by atoms with Crippen LogP contribution in [0.25, 0.3) is 0 Å². The van der Waals surface area contributed by atoms with Crippen molar-refractivity contribution in [1.82, 2.24) is 5.32 Å². The standard InChI is InChI=1S/C18H21NO2/c1-20-16-9-5-6-10-17(16)21-18(15-11-12-19-13-15)14-7-3-2-4-8-14/h2-10,15,18-19H,11-13H2,1H3/t15-,18-/m1/s1. The molecule has 2 aromatic carbocycles. The summed E-state index contributed by atoms with van der Waals surface area (Å²) in [6.45, 7) is 2.05. The minimum atomic E-state index is 0.0532. The van der Waals surface area contributed by atoms with Crippen molar-refractivity contribution in [2.75, 3.05) is 20.2 Å². The van der Waals surface area contributed by atoms with Crippen molar-refractivity contribution in [2.45, 2.75) is 12.5 Å². The number of para-hydroxylation sites is 2. The van der Waals surface area contributed by atoms with E-state index in [0.717, 1.165) is 31.0 Å². The van der Waals surface area contributed by atoms with Gasteiger partial charge in [0, 0.05) is 12.5 Å². The van der Waals surface area contributed by atoms with Crippen molar-refractivity contribution in [3.05, 3.63) is 60.2 Å². The summed E-state index contributed by atoms with van der Waals surface area (Å²) in [6.07, 6.45) is 1.19. The molecule has 21 heavy (non-hydrogen) atoms. The van der Waals surface area contributed by atoms with E-state index < -0.39 is 0 Å². The summed E-state index contributed by atoms with van der Waals surface area (Å²) in [5.74, 6) is 2.07. The Balaban J connectivity index is 1.88. The lowest BCUT2D eigenvalue weighted by Gasteiger charge is -2.25. The predicted molar refractivity (Wildman–Crippen MR) is 83.8 cm³/mol. The Bertz CT molecular complexity index is 564. The number of rotatable bonds is 5. The first kappa shape index (κ1) is 14.0. The molecule has 1 fully saturated rings. The van der Waals surface area contributed by atoms with Crippen LogP contribution < -0.4 is 14.8 Å². The van der Waals surface area contributed by atoms with Gasteiger partial charge in [-0.05, 0) is 30.7 Å². The molecule has 0 aliphatic carbocycles. The summed E-state index contributed by atoms with van der Waals surface area (Å²) in [5, 5.41) is 3.43. The van der Waals surface area contributed by atoms with Crippen LogP contribution in [0.5, 0.6) is 11.5 Å². The molecule has 3 nitrogen and oxygen atoms in total. The molecule has 1 saturated heterocycles. The maximum atomic E-state index is 6.34. The molecule has 2 atom stereocenters. The molecule has 1 aliphatic heterocycles. The molecule has 3 rings (SSSR count). The van der Waals surface area contributed by atoms with Crippen LogP contribution in [0.15, 0.2) is 54.6 Å². The van der Waals surface area contributed by atoms with Crippen molar-refractivity contribution in [3.63, 3.8) is 0 Å². The molecule has 0 amide bonds. The summed E-state index contributed by atoms with van der Waals surface area (Å²) < 4.78 is 11.7. The van der Waals surface area contributed by atoms with Crippen LogP contribution >= 0.6 is 0 Å². The van der Waals surface area contributed by atoms with Gasteiger partial charge in [-0.15, -0.1) is 0 Å². The number of hydrogen-bond donors (Lipinski definition) is 1. The molecule has 0 radical (unpaired) electrons. The summed E-state index contributed by atoms with van der Waals surface area (Å²) >= 11 is 0. The third-order valence-corrected chi connectivity index (χ3v) is 3.98. The molecular formula is C18H21NO2. The van der Waals surface area contributed by atoms with E-state index in [4.69, 9.17) is 9.47 Å². The Kier molecular flexibility index (Phi) is 4.41. The Morgan fingerprint density at radius 1 is 1.00 bits per heavy atom. The highest BCUT2D eigenvalue weighted by atomic mass is 16.5. The summed E-state index contributed by atoms with van der Waals surface area (Å²) in [6, 6.07) is 18.3. The zero-order valence-corrected chi connectivity index (χ0v) is 12.3. The Morgan fingerprint density at radius 2 is 1.71 bits per heavy atom. The predicted octanol–water partition coefficient (Wildman–Crippen LogP) is 3.42. The fraction of sp³-hybridized carbons (Fsp3) is 0.333. The smallest absolute Gasteiger partial charge is 0.162 e. The number of hydrogen-bond acceptors (Lipinski definition) is 3. The average molecular weight is 283 g/mol. The van der Waals surface area contributed by atoms with E-state index in [0.29, 0.717) is 5.92 Å². The van der Waals surface area contributed by atoms with E-state index in [9.17, 15) is 0 Å². The largest absolute Gasteiger partial charge is 0.493 e. The first-order valence-electron chi connectivity index (χ1n) is 7.44. The number of nitrogens with one attached hydrogen (secondary N) is 1. The molecule has 0 bridgehead atoms. The molecular weight excluding hydrogens is 262 g/mol. The van der Waals surface area contributed by atoms with Gasteiger partial charge in [-0.25, -0.2) is 0 Å². The summed E-state index contributed by atoms with van der Waals surface area (Å²) in [7, 11) is 1.68. The molecule has 1 aliphatic rings. The van der Waals surface area contributed by atoms with Gasteiger partial charge in [0.05, 0.1) is 7.11 Å². The molecule has 110 valence electrons. The lowest BCUT2D eigenvalue weighted by Crippen LogP contribution is -2.21. The molecule has 0 spiro atoms. The molecule has 2 aromatic rings. The molecule has 1 heterocycles. The highest BCUT2D eigenvalue weighted by Crippen LogP contribution is 2.35. The van der Waals surface area contributed by atoms with Gasteiger partial charge in [0.15, 0.2) is 11.5 Å². The van der Waals surface area contributed by atoms with Gasteiger partial charge in [-0.2, -0.15) is 0 Å². The first-order chi connectivity index (χ1) is 10.4. The van der Waals surface area contributed by atoms with Crippen molar-refractivity contribution in [3.8, 4) is 11.5 Å². The molecule has 1 N–H and O–H groups in total. The topological polar surface area (TPSA) is 30.5 Å². The highest BCUT2D eigenvalue weighted by molar-refractivity contribution is 5.40. The van der Waals surface area contributed by atoms with Gasteiger partial charge in [0.1, 0.15) is 6.10 Å². The van der Waals surface area contributed by atoms with Gasteiger partial charge in [0.2, 0.25) is 0 Å². The highest BCUT2D eigenvalue weighted by Gasteiger charge is 2.28. The van der Waals surface area contributed by atoms with Gasteiger partial charge < -0.3 is 14.8 Å². The van der Waals surface area contributed by atoms with E-state index in [2.05, 4.69) is 29.6 Å². The summed E-state index contributed by atoms with van der Waals surface area (Å²) in [4.78, 5) is 0. The van der Waals surface area contributed by atoms with Crippen molar-refractivity contribution in [2.24, 2.45) is 5.92 Å². The molecule has 3 heteroatoms. The lowest BCUT2D eigenvalue weighted by atomic mass is 9.95. The van der Waals surface area contributed by atoms with Gasteiger partial charge >= 0.3 is 0 Å². The second-order valence-corrected chi connectivity index (χ2v) is 5.35. The monoisotopic (exact) mass is 283 g/mol. The van der Waals surface area contributed by atoms with E-state index in [1.165, 1.54) is 5.56 Å². The first-order valence-corrected chi connectivity index (χ1v) is 7.44. The third kappa shape index (κ3) is 3.19. The Labute approximate surface area is 125 Å². The van der Waals surface area contributed by atoms with E-state index in [1.54, 1.807) is 7.11 Å². The van der Waals surface area contributed by atoms with Crippen molar-refractivity contribution >= 4 is 0 Å². The summed E-state index contributed by atoms with van der Waals surface area (Å²) in [5.41, 5.74) is 1.22. The second-order valence-electron chi connectivity index (χ2n) is 5.35. The van der Waals surface area contributed by atoms with Crippen LogP contribution in [0.3, 0.4) is 0 Å². The van der Waals surface area contributed by atoms with Gasteiger partial charge in [0.25, 0.3) is 0 Å². The van der Waals surface area contributed by atoms with E-state index in [-0.39, 0.29) is 6.10 Å².